The minimum absolute atomic E-state index is 0.643. The van der Waals surface area contributed by atoms with Crippen molar-refractivity contribution in [3.05, 3.63) is 57.6 Å². The van der Waals surface area contributed by atoms with Gasteiger partial charge in [0.25, 0.3) is 0 Å². The first-order valence-corrected chi connectivity index (χ1v) is 6.49. The summed E-state index contributed by atoms with van der Waals surface area (Å²) in [4.78, 5) is 4.38. The molecule has 2 nitrogen and oxygen atoms in total. The van der Waals surface area contributed by atoms with Gasteiger partial charge in [0, 0.05) is 21.8 Å². The maximum atomic E-state index is 6.06. The Morgan fingerprint density at radius 1 is 1.11 bits per heavy atom. The highest BCUT2D eigenvalue weighted by molar-refractivity contribution is 6.31. The van der Waals surface area contributed by atoms with Crippen LogP contribution in [0.3, 0.4) is 0 Å². The van der Waals surface area contributed by atoms with Gasteiger partial charge in [0.15, 0.2) is 0 Å². The van der Waals surface area contributed by atoms with E-state index in [1.165, 1.54) is 0 Å². The Labute approximate surface area is 122 Å². The number of halogens is 2. The molecule has 0 saturated heterocycles. The van der Waals surface area contributed by atoms with Crippen LogP contribution in [0.4, 0.5) is 5.69 Å². The Bertz CT molecular complexity index is 624. The predicted octanol–water partition coefficient (Wildman–Crippen LogP) is 5.06. The van der Waals surface area contributed by atoms with Crippen LogP contribution in [0.1, 0.15) is 11.1 Å². The van der Waals surface area contributed by atoms with Gasteiger partial charge in [-0.2, -0.15) is 0 Å². The van der Waals surface area contributed by atoms with E-state index in [2.05, 4.69) is 4.99 Å². The number of rotatable bonds is 3. The molecule has 0 unspecified atom stereocenters. The van der Waals surface area contributed by atoms with Crippen molar-refractivity contribution in [3.8, 4) is 5.75 Å². The third-order valence-corrected chi connectivity index (χ3v) is 3.34. The summed E-state index contributed by atoms with van der Waals surface area (Å²) in [5, 5.41) is 1.34. The maximum Gasteiger partial charge on any atom is 0.127 e. The summed E-state index contributed by atoms with van der Waals surface area (Å²) in [6.07, 6.45) is 1.71. The normalized spacial score (nSPS) is 10.9. The van der Waals surface area contributed by atoms with Crippen molar-refractivity contribution in [3.63, 3.8) is 0 Å². The van der Waals surface area contributed by atoms with Crippen LogP contribution in [0.2, 0.25) is 10.0 Å². The number of benzene rings is 2. The molecule has 0 spiro atoms. The van der Waals surface area contributed by atoms with Crippen LogP contribution in [0, 0.1) is 6.92 Å². The van der Waals surface area contributed by atoms with Gasteiger partial charge in [-0.25, -0.2) is 0 Å². The zero-order chi connectivity index (χ0) is 13.8. The molecule has 2 aromatic carbocycles. The molecule has 2 aromatic rings. The van der Waals surface area contributed by atoms with E-state index in [0.29, 0.717) is 10.0 Å². The van der Waals surface area contributed by atoms with Crippen molar-refractivity contribution in [2.75, 3.05) is 7.11 Å². The Kier molecular flexibility index (Phi) is 4.46. The maximum absolute atomic E-state index is 6.06. The van der Waals surface area contributed by atoms with Crippen LogP contribution >= 0.6 is 23.2 Å². The predicted molar refractivity (Wildman–Crippen MR) is 81.4 cm³/mol. The minimum atomic E-state index is 0.643. The number of hydrogen-bond acceptors (Lipinski definition) is 2. The number of hydrogen-bond donors (Lipinski definition) is 0. The molecule has 2 rings (SSSR count). The number of aryl methyl sites for hydroxylation is 1. The summed E-state index contributed by atoms with van der Waals surface area (Å²) < 4.78 is 5.26. The van der Waals surface area contributed by atoms with Crippen LogP contribution in [-0.2, 0) is 0 Å². The Morgan fingerprint density at radius 2 is 1.89 bits per heavy atom. The van der Waals surface area contributed by atoms with E-state index in [1.807, 2.05) is 31.2 Å². The number of nitrogens with zero attached hydrogens (tertiary/aromatic N) is 1. The first kappa shape index (κ1) is 13.9. The molecule has 0 heterocycles. The van der Waals surface area contributed by atoms with Crippen molar-refractivity contribution in [1.82, 2.24) is 0 Å². The van der Waals surface area contributed by atoms with Crippen LogP contribution in [0.15, 0.2) is 41.4 Å². The summed E-state index contributed by atoms with van der Waals surface area (Å²) in [6.45, 7) is 1.95. The molecule has 0 radical (unpaired) electrons. The molecule has 0 N–H and O–H groups in total. The topological polar surface area (TPSA) is 21.6 Å². The highest BCUT2D eigenvalue weighted by atomic mass is 35.5. The molecule has 0 amide bonds. The third kappa shape index (κ3) is 3.49. The van der Waals surface area contributed by atoms with Gasteiger partial charge < -0.3 is 4.74 Å². The van der Waals surface area contributed by atoms with E-state index in [9.17, 15) is 0 Å². The average molecular weight is 294 g/mol. The quantitative estimate of drug-likeness (QED) is 0.725. The minimum Gasteiger partial charge on any atom is -0.496 e. The van der Waals surface area contributed by atoms with E-state index in [0.717, 1.165) is 22.6 Å². The molecule has 4 heteroatoms. The fourth-order valence-electron chi connectivity index (χ4n) is 1.61. The van der Waals surface area contributed by atoms with Crippen molar-refractivity contribution >= 4 is 35.1 Å². The lowest BCUT2D eigenvalue weighted by Gasteiger charge is -2.04. The van der Waals surface area contributed by atoms with E-state index in [4.69, 9.17) is 27.9 Å². The summed E-state index contributed by atoms with van der Waals surface area (Å²) in [5.74, 6) is 0.728. The first-order chi connectivity index (χ1) is 9.10. The Morgan fingerprint density at radius 3 is 2.58 bits per heavy atom. The smallest absolute Gasteiger partial charge is 0.127 e. The van der Waals surface area contributed by atoms with E-state index in [1.54, 1.807) is 25.5 Å². The number of methoxy groups -OCH3 is 1. The molecule has 98 valence electrons. The van der Waals surface area contributed by atoms with E-state index < -0.39 is 0 Å². The highest BCUT2D eigenvalue weighted by Crippen LogP contribution is 2.24. The van der Waals surface area contributed by atoms with Gasteiger partial charge in [0.2, 0.25) is 0 Å². The number of ether oxygens (including phenoxy) is 1. The van der Waals surface area contributed by atoms with Crippen molar-refractivity contribution in [2.24, 2.45) is 4.99 Å². The molecule has 0 aliphatic carbocycles. The number of aliphatic imine (C=N–C) groups is 1. The highest BCUT2D eigenvalue weighted by Gasteiger charge is 2.01. The second kappa shape index (κ2) is 6.09. The van der Waals surface area contributed by atoms with E-state index in [-0.39, 0.29) is 0 Å². The zero-order valence-electron chi connectivity index (χ0n) is 10.7. The molecule has 0 atom stereocenters. The summed E-state index contributed by atoms with van der Waals surface area (Å²) >= 11 is 12.0. The van der Waals surface area contributed by atoms with Gasteiger partial charge in [-0.15, -0.1) is 0 Å². The largest absolute Gasteiger partial charge is 0.496 e. The lowest BCUT2D eigenvalue weighted by molar-refractivity contribution is 0.414. The second-order valence-electron chi connectivity index (χ2n) is 4.08. The second-order valence-corrected chi connectivity index (χ2v) is 4.92. The van der Waals surface area contributed by atoms with Crippen molar-refractivity contribution < 1.29 is 4.74 Å². The van der Waals surface area contributed by atoms with Crippen LogP contribution in [0.5, 0.6) is 5.75 Å². The molecule has 19 heavy (non-hydrogen) atoms. The molecule has 0 aliphatic heterocycles. The van der Waals surface area contributed by atoms with Crippen molar-refractivity contribution in [2.45, 2.75) is 6.92 Å². The Balaban J connectivity index is 2.31. The van der Waals surface area contributed by atoms with Gasteiger partial charge in [0.05, 0.1) is 12.8 Å². The van der Waals surface area contributed by atoms with Crippen molar-refractivity contribution in [1.29, 1.82) is 0 Å². The van der Waals surface area contributed by atoms with Gasteiger partial charge in [0.1, 0.15) is 5.75 Å². The van der Waals surface area contributed by atoms with Gasteiger partial charge in [-0.1, -0.05) is 29.3 Å². The summed E-state index contributed by atoms with van der Waals surface area (Å²) in [5.41, 5.74) is 2.64. The first-order valence-electron chi connectivity index (χ1n) is 5.74. The molecule has 0 aromatic heterocycles. The van der Waals surface area contributed by atoms with Crippen LogP contribution in [-0.4, -0.2) is 13.3 Å². The molecule has 0 aliphatic rings. The molecular weight excluding hydrogens is 281 g/mol. The lowest BCUT2D eigenvalue weighted by atomic mass is 10.2. The SMILES string of the molecule is COc1ccc(Cl)cc1C=Nc1ccc(C)c(Cl)c1. The fraction of sp³-hybridized carbons (Fsp3) is 0.133. The third-order valence-electron chi connectivity index (χ3n) is 2.70. The van der Waals surface area contributed by atoms with Gasteiger partial charge >= 0.3 is 0 Å². The monoisotopic (exact) mass is 293 g/mol. The van der Waals surface area contributed by atoms with Crippen LogP contribution < -0.4 is 4.74 Å². The standard InChI is InChI=1S/C15H13Cl2NO/c1-10-3-5-13(8-14(10)17)18-9-11-7-12(16)4-6-15(11)19-2/h3-9H,1-2H3. The zero-order valence-corrected chi connectivity index (χ0v) is 12.2. The average Bonchev–Trinajstić information content (AvgIpc) is 2.40. The Hall–Kier alpha value is -1.51. The van der Waals surface area contributed by atoms with E-state index >= 15 is 0 Å². The fourth-order valence-corrected chi connectivity index (χ4v) is 1.97. The molecule has 0 fully saturated rings. The summed E-state index contributed by atoms with van der Waals surface area (Å²) in [7, 11) is 1.61. The molecular formula is C15H13Cl2NO. The molecule has 0 bridgehead atoms. The van der Waals surface area contributed by atoms with Gasteiger partial charge in [-0.05, 0) is 42.8 Å². The lowest BCUT2D eigenvalue weighted by Crippen LogP contribution is -1.90. The molecule has 0 saturated carbocycles. The van der Waals surface area contributed by atoms with Gasteiger partial charge in [-0.3, -0.25) is 4.99 Å². The van der Waals surface area contributed by atoms with Crippen LogP contribution in [0.25, 0.3) is 0 Å². The summed E-state index contributed by atoms with van der Waals surface area (Å²) in [6, 6.07) is 11.1.